The number of carbonyl (C=O) groups is 1. The number of carbonyl (C=O) groups excluding carboxylic acids is 1. The lowest BCUT2D eigenvalue weighted by Gasteiger charge is -2.30. The van der Waals surface area contributed by atoms with Crippen LogP contribution in [-0.2, 0) is 23.0 Å². The number of fused-ring (bicyclic) bond motifs is 2. The molecule has 1 aliphatic heterocycles. The minimum atomic E-state index is -3.40. The molecule has 1 unspecified atom stereocenters. The summed E-state index contributed by atoms with van der Waals surface area (Å²) in [7, 11) is -3.40. The smallest absolute Gasteiger partial charge is 0.271 e. The number of hydrogen-bond donors (Lipinski definition) is 3. The Morgan fingerprint density at radius 3 is 2.74 bits per heavy atom. The zero-order chi connectivity index (χ0) is 22.0. The lowest BCUT2D eigenvalue weighted by atomic mass is 10.00. The first-order valence-corrected chi connectivity index (χ1v) is 11.9. The quantitative estimate of drug-likeness (QED) is 0.499. The first-order chi connectivity index (χ1) is 14.8. The number of nitrogens with zero attached hydrogens (tertiary/aromatic N) is 3. The van der Waals surface area contributed by atoms with Crippen molar-refractivity contribution in [3.63, 3.8) is 0 Å². The van der Waals surface area contributed by atoms with Crippen LogP contribution in [0.4, 0.5) is 5.69 Å². The monoisotopic (exact) mass is 443 g/mol. The summed E-state index contributed by atoms with van der Waals surface area (Å²) >= 11 is 0. The summed E-state index contributed by atoms with van der Waals surface area (Å²) in [5, 5.41) is 13.1. The number of rotatable bonds is 7. The second-order valence-electron chi connectivity index (χ2n) is 7.80. The molecule has 10 heteroatoms. The molecular weight excluding hydrogens is 418 g/mol. The van der Waals surface area contributed by atoms with E-state index in [4.69, 9.17) is 0 Å². The molecule has 1 aromatic carbocycles. The van der Waals surface area contributed by atoms with Crippen molar-refractivity contribution < 1.29 is 18.3 Å². The van der Waals surface area contributed by atoms with Gasteiger partial charge in [-0.1, -0.05) is 24.3 Å². The Kier molecular flexibility index (Phi) is 5.94. The van der Waals surface area contributed by atoms with Crippen molar-refractivity contribution in [2.45, 2.75) is 19.1 Å². The summed E-state index contributed by atoms with van der Waals surface area (Å²) in [6, 6.07) is 11.5. The Labute approximate surface area is 180 Å². The average Bonchev–Trinajstić information content (AvgIpc) is 3.14. The SMILES string of the molecule is CS(=O)(=O)Nc1ccc2nc(C(=O)NCC(O)CN3CCc4ccccc4C3)cn2c1. The number of anilines is 1. The van der Waals surface area contributed by atoms with Gasteiger partial charge >= 0.3 is 0 Å². The Balaban J connectivity index is 1.32. The van der Waals surface area contributed by atoms with E-state index in [-0.39, 0.29) is 12.2 Å². The van der Waals surface area contributed by atoms with E-state index in [2.05, 4.69) is 32.1 Å². The van der Waals surface area contributed by atoms with E-state index in [1.807, 2.05) is 12.1 Å². The third kappa shape index (κ3) is 5.40. The zero-order valence-electron chi connectivity index (χ0n) is 17.2. The van der Waals surface area contributed by atoms with Crippen molar-refractivity contribution >= 4 is 27.3 Å². The highest BCUT2D eigenvalue weighted by atomic mass is 32.2. The summed E-state index contributed by atoms with van der Waals surface area (Å²) in [6.45, 7) is 2.25. The predicted molar refractivity (Wildman–Crippen MR) is 117 cm³/mol. The minimum absolute atomic E-state index is 0.117. The number of amides is 1. The fourth-order valence-corrected chi connectivity index (χ4v) is 4.30. The molecule has 9 nitrogen and oxygen atoms in total. The van der Waals surface area contributed by atoms with Crippen LogP contribution in [0.3, 0.4) is 0 Å². The van der Waals surface area contributed by atoms with Gasteiger partial charge in [-0.05, 0) is 29.7 Å². The molecule has 0 fully saturated rings. The van der Waals surface area contributed by atoms with Gasteiger partial charge in [0.15, 0.2) is 0 Å². The van der Waals surface area contributed by atoms with Gasteiger partial charge < -0.3 is 14.8 Å². The fourth-order valence-electron chi connectivity index (χ4n) is 3.75. The summed E-state index contributed by atoms with van der Waals surface area (Å²) in [6.07, 6.45) is 4.39. The highest BCUT2D eigenvalue weighted by molar-refractivity contribution is 7.92. The number of sulfonamides is 1. The number of imidazole rings is 1. The molecule has 0 saturated carbocycles. The van der Waals surface area contributed by atoms with Gasteiger partial charge in [-0.2, -0.15) is 0 Å². The van der Waals surface area contributed by atoms with Crippen molar-refractivity contribution in [3.05, 3.63) is 65.6 Å². The summed E-state index contributed by atoms with van der Waals surface area (Å²) in [5.41, 5.74) is 3.70. The summed E-state index contributed by atoms with van der Waals surface area (Å²) in [4.78, 5) is 18.9. The highest BCUT2D eigenvalue weighted by Crippen LogP contribution is 2.18. The van der Waals surface area contributed by atoms with Crippen LogP contribution >= 0.6 is 0 Å². The molecule has 2 aromatic heterocycles. The molecule has 3 aromatic rings. The van der Waals surface area contributed by atoms with Crippen LogP contribution < -0.4 is 10.0 Å². The van der Waals surface area contributed by atoms with Crippen LogP contribution in [0.25, 0.3) is 5.65 Å². The number of aliphatic hydroxyl groups is 1. The van der Waals surface area contributed by atoms with Crippen LogP contribution in [0.1, 0.15) is 21.6 Å². The van der Waals surface area contributed by atoms with Gasteiger partial charge in [0.25, 0.3) is 5.91 Å². The number of nitrogens with one attached hydrogen (secondary N) is 2. The molecule has 0 spiro atoms. The molecule has 0 radical (unpaired) electrons. The molecule has 0 bridgehead atoms. The lowest BCUT2D eigenvalue weighted by Crippen LogP contribution is -2.42. The maximum Gasteiger partial charge on any atom is 0.271 e. The number of pyridine rings is 1. The van der Waals surface area contributed by atoms with E-state index in [1.165, 1.54) is 17.3 Å². The van der Waals surface area contributed by atoms with Crippen molar-refractivity contribution in [2.24, 2.45) is 0 Å². The first kappa shape index (κ1) is 21.3. The number of benzene rings is 1. The Morgan fingerprint density at radius 2 is 1.97 bits per heavy atom. The topological polar surface area (TPSA) is 116 Å². The third-order valence-electron chi connectivity index (χ3n) is 5.16. The predicted octanol–water partition coefficient (Wildman–Crippen LogP) is 0.855. The first-order valence-electron chi connectivity index (χ1n) is 9.99. The normalized spacial score (nSPS) is 15.4. The third-order valence-corrected chi connectivity index (χ3v) is 5.77. The molecular formula is C21H25N5O4S. The maximum absolute atomic E-state index is 12.5. The molecule has 1 amide bonds. The van der Waals surface area contributed by atoms with Crippen LogP contribution in [-0.4, -0.2) is 65.7 Å². The van der Waals surface area contributed by atoms with Crippen LogP contribution in [0.2, 0.25) is 0 Å². The molecule has 164 valence electrons. The van der Waals surface area contributed by atoms with Gasteiger partial charge in [-0.3, -0.25) is 14.4 Å². The van der Waals surface area contributed by atoms with Crippen LogP contribution in [0, 0.1) is 0 Å². The number of β-amino-alcohol motifs (C(OH)–C–C–N with tert-alkyl or cyclic N) is 1. The number of aromatic nitrogens is 2. The fraction of sp³-hybridized carbons (Fsp3) is 0.333. The van der Waals surface area contributed by atoms with Gasteiger partial charge in [0, 0.05) is 38.6 Å². The van der Waals surface area contributed by atoms with Crippen molar-refractivity contribution in [3.8, 4) is 0 Å². The Hall–Kier alpha value is -2.95. The van der Waals surface area contributed by atoms with Gasteiger partial charge in [0.1, 0.15) is 11.3 Å². The van der Waals surface area contributed by atoms with Crippen molar-refractivity contribution in [2.75, 3.05) is 30.6 Å². The van der Waals surface area contributed by atoms with Gasteiger partial charge in [0.2, 0.25) is 10.0 Å². The zero-order valence-corrected chi connectivity index (χ0v) is 18.0. The van der Waals surface area contributed by atoms with E-state index in [9.17, 15) is 18.3 Å². The molecule has 3 heterocycles. The molecule has 1 atom stereocenters. The van der Waals surface area contributed by atoms with Crippen LogP contribution in [0.15, 0.2) is 48.8 Å². The molecule has 1 aliphatic rings. The van der Waals surface area contributed by atoms with E-state index < -0.39 is 22.0 Å². The molecule has 4 rings (SSSR count). The largest absolute Gasteiger partial charge is 0.390 e. The number of aliphatic hydroxyl groups excluding tert-OH is 1. The van der Waals surface area contributed by atoms with Gasteiger partial charge in [-0.15, -0.1) is 0 Å². The van der Waals surface area contributed by atoms with Crippen LogP contribution in [0.5, 0.6) is 0 Å². The van der Waals surface area contributed by atoms with Crippen molar-refractivity contribution in [1.82, 2.24) is 19.6 Å². The second kappa shape index (κ2) is 8.66. The standard InChI is InChI=1S/C21H25N5O4S/c1-31(29,30)24-17-6-7-20-23-19(14-26(20)12-17)21(28)22-10-18(27)13-25-9-8-15-4-2-3-5-16(15)11-25/h2-7,12,14,18,24,27H,8-11,13H2,1H3,(H,22,28). The molecule has 0 aliphatic carbocycles. The second-order valence-corrected chi connectivity index (χ2v) is 9.55. The Bertz CT molecular complexity index is 1210. The maximum atomic E-state index is 12.5. The van der Waals surface area contributed by atoms with E-state index in [0.717, 1.165) is 25.8 Å². The molecule has 3 N–H and O–H groups in total. The highest BCUT2D eigenvalue weighted by Gasteiger charge is 2.19. The van der Waals surface area contributed by atoms with Gasteiger partial charge in [0.05, 0.1) is 18.0 Å². The molecule has 0 saturated heterocycles. The van der Waals surface area contributed by atoms with E-state index >= 15 is 0 Å². The summed E-state index contributed by atoms with van der Waals surface area (Å²) < 4.78 is 26.7. The Morgan fingerprint density at radius 1 is 1.19 bits per heavy atom. The minimum Gasteiger partial charge on any atom is -0.390 e. The van der Waals surface area contributed by atoms with Crippen molar-refractivity contribution in [1.29, 1.82) is 0 Å². The van der Waals surface area contributed by atoms with E-state index in [0.29, 0.717) is 17.9 Å². The lowest BCUT2D eigenvalue weighted by molar-refractivity contribution is 0.0838. The average molecular weight is 444 g/mol. The summed E-state index contributed by atoms with van der Waals surface area (Å²) in [5.74, 6) is -0.399. The number of hydrogen-bond acceptors (Lipinski definition) is 6. The van der Waals surface area contributed by atoms with E-state index in [1.54, 1.807) is 22.7 Å². The van der Waals surface area contributed by atoms with Gasteiger partial charge in [-0.25, -0.2) is 13.4 Å². The molecule has 31 heavy (non-hydrogen) atoms.